The molecule has 6 heteroatoms. The Kier molecular flexibility index (Phi) is 4.88. The number of aromatic nitrogens is 3. The molecule has 1 N–H and O–H groups in total. The van der Waals surface area contributed by atoms with Crippen LogP contribution in [0.3, 0.4) is 0 Å². The Morgan fingerprint density at radius 3 is 2.54 bits per heavy atom. The van der Waals surface area contributed by atoms with Crippen molar-refractivity contribution in [1.29, 1.82) is 0 Å². The van der Waals surface area contributed by atoms with Gasteiger partial charge in [-0.2, -0.15) is 0 Å². The van der Waals surface area contributed by atoms with Gasteiger partial charge in [0, 0.05) is 39.1 Å². The van der Waals surface area contributed by atoms with Gasteiger partial charge in [0.15, 0.2) is 0 Å². The minimum absolute atomic E-state index is 0.115. The smallest absolute Gasteiger partial charge is 0.146 e. The van der Waals surface area contributed by atoms with E-state index in [0.29, 0.717) is 5.92 Å². The van der Waals surface area contributed by atoms with E-state index in [9.17, 15) is 5.11 Å². The van der Waals surface area contributed by atoms with E-state index in [0.717, 1.165) is 50.8 Å². The molecule has 2 saturated heterocycles. The van der Waals surface area contributed by atoms with E-state index in [2.05, 4.69) is 31.6 Å². The first-order chi connectivity index (χ1) is 11.7. The summed E-state index contributed by atoms with van der Waals surface area (Å²) in [5.41, 5.74) is 0. The van der Waals surface area contributed by atoms with Crippen LogP contribution < -0.4 is 0 Å². The second-order valence-corrected chi connectivity index (χ2v) is 8.08. The van der Waals surface area contributed by atoms with Gasteiger partial charge in [-0.25, -0.2) is 0 Å². The molecule has 24 heavy (non-hydrogen) atoms. The third-order valence-electron chi connectivity index (χ3n) is 6.00. The monoisotopic (exact) mass is 333 g/mol. The van der Waals surface area contributed by atoms with Crippen molar-refractivity contribution >= 4 is 0 Å². The van der Waals surface area contributed by atoms with E-state index in [1.165, 1.54) is 44.6 Å². The van der Waals surface area contributed by atoms with Crippen LogP contribution in [0.2, 0.25) is 0 Å². The highest BCUT2D eigenvalue weighted by Gasteiger charge is 2.30. The van der Waals surface area contributed by atoms with Crippen molar-refractivity contribution in [3.8, 4) is 0 Å². The average molecular weight is 333 g/mol. The number of aliphatic hydroxyl groups excluding tert-OH is 1. The molecule has 134 valence electrons. The highest BCUT2D eigenvalue weighted by molar-refractivity contribution is 5.04. The fraction of sp³-hybridized carbons (Fsp3) is 0.889. The number of hydrogen-bond acceptors (Lipinski definition) is 5. The first-order valence-electron chi connectivity index (χ1n) is 9.70. The Balaban J connectivity index is 1.37. The van der Waals surface area contributed by atoms with Crippen molar-refractivity contribution < 1.29 is 5.11 Å². The van der Waals surface area contributed by atoms with Gasteiger partial charge in [0.1, 0.15) is 11.6 Å². The van der Waals surface area contributed by atoms with Crippen LogP contribution in [0.4, 0.5) is 0 Å². The zero-order valence-corrected chi connectivity index (χ0v) is 14.9. The molecule has 3 aliphatic rings. The normalized spacial score (nSPS) is 27.7. The molecule has 0 amide bonds. The van der Waals surface area contributed by atoms with Gasteiger partial charge in [-0.05, 0) is 51.0 Å². The van der Waals surface area contributed by atoms with Crippen LogP contribution in [0.1, 0.15) is 56.1 Å². The van der Waals surface area contributed by atoms with E-state index in [4.69, 9.17) is 0 Å². The van der Waals surface area contributed by atoms with Crippen LogP contribution in [-0.2, 0) is 13.6 Å². The Bertz CT molecular complexity index is 548. The van der Waals surface area contributed by atoms with Crippen molar-refractivity contribution in [3.05, 3.63) is 11.6 Å². The van der Waals surface area contributed by atoms with Gasteiger partial charge in [-0.1, -0.05) is 0 Å². The molecule has 1 aromatic heterocycles. The highest BCUT2D eigenvalue weighted by Crippen LogP contribution is 2.33. The number of likely N-dealkylation sites (tertiary alicyclic amines) is 2. The summed E-state index contributed by atoms with van der Waals surface area (Å²) in [4.78, 5) is 5.03. The molecule has 0 radical (unpaired) electrons. The lowest BCUT2D eigenvalue weighted by Crippen LogP contribution is -2.37. The Morgan fingerprint density at radius 2 is 1.79 bits per heavy atom. The molecule has 2 aliphatic heterocycles. The standard InChI is InChI=1S/C18H31N5O/c1-21-17(13-22-9-6-16(24)7-10-22)19-20-18(21)15-3-2-8-23(12-15)11-14-4-5-14/h14-16,24H,2-13H2,1H3/t15-/m0/s1. The highest BCUT2D eigenvalue weighted by atomic mass is 16.3. The topological polar surface area (TPSA) is 57.4 Å². The second-order valence-electron chi connectivity index (χ2n) is 8.08. The van der Waals surface area contributed by atoms with Gasteiger partial charge in [0.25, 0.3) is 0 Å². The number of aliphatic hydroxyl groups is 1. The van der Waals surface area contributed by atoms with Crippen LogP contribution in [0.25, 0.3) is 0 Å². The van der Waals surface area contributed by atoms with Crippen LogP contribution in [0, 0.1) is 5.92 Å². The second kappa shape index (κ2) is 7.10. The van der Waals surface area contributed by atoms with Crippen LogP contribution in [0.5, 0.6) is 0 Å². The first-order valence-corrected chi connectivity index (χ1v) is 9.70. The summed E-state index contributed by atoms with van der Waals surface area (Å²) in [5.74, 6) is 3.74. The van der Waals surface area contributed by atoms with E-state index >= 15 is 0 Å². The van der Waals surface area contributed by atoms with E-state index in [1.54, 1.807) is 0 Å². The lowest BCUT2D eigenvalue weighted by molar-refractivity contribution is 0.0775. The SMILES string of the molecule is Cn1c(CN2CCC(O)CC2)nnc1[C@H]1CCCN(CC2CC2)C1. The largest absolute Gasteiger partial charge is 0.393 e. The molecule has 3 fully saturated rings. The summed E-state index contributed by atoms with van der Waals surface area (Å²) < 4.78 is 2.23. The third kappa shape index (κ3) is 3.81. The van der Waals surface area contributed by atoms with Gasteiger partial charge in [0.05, 0.1) is 12.6 Å². The maximum Gasteiger partial charge on any atom is 0.146 e. The zero-order chi connectivity index (χ0) is 16.5. The van der Waals surface area contributed by atoms with Crippen molar-refractivity contribution in [2.24, 2.45) is 13.0 Å². The summed E-state index contributed by atoms with van der Waals surface area (Å²) in [6.07, 6.45) is 7.02. The Hall–Kier alpha value is -0.980. The third-order valence-corrected chi connectivity index (χ3v) is 6.00. The molecule has 4 rings (SSSR count). The van der Waals surface area contributed by atoms with Gasteiger partial charge in [0.2, 0.25) is 0 Å². The average Bonchev–Trinajstić information content (AvgIpc) is 3.33. The maximum absolute atomic E-state index is 9.65. The summed E-state index contributed by atoms with van der Waals surface area (Å²) in [5, 5.41) is 18.7. The van der Waals surface area contributed by atoms with Crippen LogP contribution in [-0.4, -0.2) is 68.5 Å². The fourth-order valence-corrected chi connectivity index (χ4v) is 4.24. The zero-order valence-electron chi connectivity index (χ0n) is 14.9. The minimum atomic E-state index is -0.115. The Morgan fingerprint density at radius 1 is 1.00 bits per heavy atom. The fourth-order valence-electron chi connectivity index (χ4n) is 4.24. The van der Waals surface area contributed by atoms with Crippen molar-refractivity contribution in [3.63, 3.8) is 0 Å². The molecule has 0 bridgehead atoms. The molecular formula is C18H31N5O. The molecule has 6 nitrogen and oxygen atoms in total. The molecule has 1 saturated carbocycles. The molecule has 3 heterocycles. The number of hydrogen-bond donors (Lipinski definition) is 1. The first kappa shape index (κ1) is 16.5. The van der Waals surface area contributed by atoms with Crippen molar-refractivity contribution in [1.82, 2.24) is 24.6 Å². The summed E-state index contributed by atoms with van der Waals surface area (Å²) in [6.45, 7) is 6.47. The quantitative estimate of drug-likeness (QED) is 0.882. The molecule has 1 atom stereocenters. The number of piperidine rings is 2. The van der Waals surface area contributed by atoms with Crippen molar-refractivity contribution in [2.75, 3.05) is 32.7 Å². The van der Waals surface area contributed by atoms with E-state index in [-0.39, 0.29) is 6.10 Å². The molecule has 1 aliphatic carbocycles. The van der Waals surface area contributed by atoms with Gasteiger partial charge in [-0.3, -0.25) is 4.90 Å². The van der Waals surface area contributed by atoms with E-state index in [1.807, 2.05) is 0 Å². The molecule has 0 unspecified atom stereocenters. The summed E-state index contributed by atoms with van der Waals surface area (Å²) >= 11 is 0. The lowest BCUT2D eigenvalue weighted by Gasteiger charge is -2.32. The van der Waals surface area contributed by atoms with Gasteiger partial charge < -0.3 is 14.6 Å². The molecule has 0 aromatic carbocycles. The minimum Gasteiger partial charge on any atom is -0.393 e. The van der Waals surface area contributed by atoms with Gasteiger partial charge in [-0.15, -0.1) is 10.2 Å². The van der Waals surface area contributed by atoms with Crippen LogP contribution >= 0.6 is 0 Å². The maximum atomic E-state index is 9.65. The predicted molar refractivity (Wildman–Crippen MR) is 92.7 cm³/mol. The lowest BCUT2D eigenvalue weighted by atomic mass is 9.97. The summed E-state index contributed by atoms with van der Waals surface area (Å²) in [7, 11) is 2.13. The number of nitrogens with zero attached hydrogens (tertiary/aromatic N) is 5. The number of rotatable bonds is 5. The van der Waals surface area contributed by atoms with Crippen LogP contribution in [0.15, 0.2) is 0 Å². The predicted octanol–water partition coefficient (Wildman–Crippen LogP) is 1.36. The molecular weight excluding hydrogens is 302 g/mol. The summed E-state index contributed by atoms with van der Waals surface area (Å²) in [6, 6.07) is 0. The van der Waals surface area contributed by atoms with Gasteiger partial charge >= 0.3 is 0 Å². The van der Waals surface area contributed by atoms with Crippen molar-refractivity contribution in [2.45, 2.75) is 57.1 Å². The molecule has 1 aromatic rings. The van der Waals surface area contributed by atoms with E-state index < -0.39 is 0 Å². The Labute approximate surface area is 144 Å². The molecule has 0 spiro atoms.